The summed E-state index contributed by atoms with van der Waals surface area (Å²) in [5, 5.41) is 3.35. The van der Waals surface area contributed by atoms with E-state index < -0.39 is 0 Å². The van der Waals surface area contributed by atoms with Crippen LogP contribution in [0.25, 0.3) is 0 Å². The van der Waals surface area contributed by atoms with Gasteiger partial charge in [0.25, 0.3) is 5.91 Å². The van der Waals surface area contributed by atoms with Gasteiger partial charge in [-0.1, -0.05) is 36.5 Å². The predicted octanol–water partition coefficient (Wildman–Crippen LogP) is 4.93. The zero-order chi connectivity index (χ0) is 18.0. The molecule has 0 saturated carbocycles. The maximum atomic E-state index is 12.9. The Hall–Kier alpha value is -1.98. The average Bonchev–Trinajstić information content (AvgIpc) is 3.02. The molecule has 1 aliphatic heterocycles. The van der Waals surface area contributed by atoms with Crippen LogP contribution in [0.5, 0.6) is 11.5 Å². The molecule has 1 N–H and O–H groups in total. The number of anilines is 1. The molecule has 0 aliphatic carbocycles. The van der Waals surface area contributed by atoms with Crippen LogP contribution in [0.1, 0.15) is 41.6 Å². The largest absolute Gasteiger partial charge is 0.493 e. The lowest BCUT2D eigenvalue weighted by Gasteiger charge is -2.15. The van der Waals surface area contributed by atoms with Gasteiger partial charge in [0, 0.05) is 29.4 Å². The highest BCUT2D eigenvalue weighted by molar-refractivity contribution is 6.39. The van der Waals surface area contributed by atoms with Crippen LogP contribution in [-0.4, -0.2) is 24.6 Å². The molecular formula is C18H18Cl2N2O3. The Balaban J connectivity index is 2.00. The normalized spacial score (nSPS) is 15.4. The topological polar surface area (TPSA) is 60.5 Å². The summed E-state index contributed by atoms with van der Waals surface area (Å²) < 4.78 is 11.2. The molecule has 2 aromatic rings. The molecule has 1 unspecified atom stereocenters. The summed E-state index contributed by atoms with van der Waals surface area (Å²) in [4.78, 5) is 16.8. The number of aromatic nitrogens is 1. The van der Waals surface area contributed by atoms with Crippen molar-refractivity contribution in [1.82, 2.24) is 4.98 Å². The summed E-state index contributed by atoms with van der Waals surface area (Å²) in [6, 6.07) is 3.48. The molecule has 0 radical (unpaired) electrons. The van der Waals surface area contributed by atoms with E-state index in [1.165, 1.54) is 12.4 Å². The molecule has 0 fully saturated rings. The Kier molecular flexibility index (Phi) is 5.35. The first-order chi connectivity index (χ1) is 12.1. The second kappa shape index (κ2) is 7.50. The second-order valence-electron chi connectivity index (χ2n) is 5.79. The zero-order valence-electron chi connectivity index (χ0n) is 13.9. The summed E-state index contributed by atoms with van der Waals surface area (Å²) in [7, 11) is 1.59. The number of hydrogen-bond acceptors (Lipinski definition) is 4. The van der Waals surface area contributed by atoms with E-state index in [1.54, 1.807) is 19.2 Å². The minimum absolute atomic E-state index is 0.152. The number of pyridine rings is 1. The molecule has 132 valence electrons. The van der Waals surface area contributed by atoms with Crippen molar-refractivity contribution in [3.8, 4) is 11.5 Å². The number of amides is 1. The third-order valence-corrected chi connectivity index (χ3v) is 4.76. The minimum atomic E-state index is -0.291. The number of hydrogen-bond donors (Lipinski definition) is 1. The molecule has 7 heteroatoms. The maximum absolute atomic E-state index is 12.9. The van der Waals surface area contributed by atoms with Crippen molar-refractivity contribution in [2.24, 2.45) is 0 Å². The van der Waals surface area contributed by atoms with Crippen molar-refractivity contribution < 1.29 is 14.3 Å². The molecule has 2 heterocycles. The van der Waals surface area contributed by atoms with Crippen LogP contribution in [0, 0.1) is 0 Å². The van der Waals surface area contributed by atoms with Gasteiger partial charge < -0.3 is 14.8 Å². The second-order valence-corrected chi connectivity index (χ2v) is 6.60. The fraction of sp³-hybridized carbons (Fsp3) is 0.333. The number of carbonyl (C=O) groups is 1. The number of fused-ring (bicyclic) bond motifs is 1. The third-order valence-electron chi connectivity index (χ3n) is 4.19. The fourth-order valence-electron chi connectivity index (χ4n) is 3.05. The van der Waals surface area contributed by atoms with E-state index in [0.29, 0.717) is 29.4 Å². The van der Waals surface area contributed by atoms with Crippen molar-refractivity contribution in [3.63, 3.8) is 0 Å². The number of benzene rings is 1. The Morgan fingerprint density at radius 3 is 2.72 bits per heavy atom. The number of methoxy groups -OCH3 is 1. The van der Waals surface area contributed by atoms with Gasteiger partial charge in [0.05, 0.1) is 29.4 Å². The molecule has 3 rings (SSSR count). The molecule has 1 atom stereocenters. The number of halogens is 2. The highest BCUT2D eigenvalue weighted by Crippen LogP contribution is 2.45. The standard InChI is InChI=1S/C18H18Cl2N2O3/c1-3-4-10-9-25-17-14(24-2)6-5-11(15(10)17)18(23)22-16-12(19)7-21-8-13(16)20/h5-8,10H,3-4,9H2,1-2H3,(H,21,22,23). The monoisotopic (exact) mass is 380 g/mol. The van der Waals surface area contributed by atoms with Crippen LogP contribution in [-0.2, 0) is 0 Å². The minimum Gasteiger partial charge on any atom is -0.493 e. The van der Waals surface area contributed by atoms with E-state index in [1.807, 2.05) is 0 Å². The van der Waals surface area contributed by atoms with Gasteiger partial charge in [-0.3, -0.25) is 9.78 Å². The molecule has 0 spiro atoms. The van der Waals surface area contributed by atoms with Crippen LogP contribution in [0.15, 0.2) is 24.5 Å². The van der Waals surface area contributed by atoms with E-state index >= 15 is 0 Å². The van der Waals surface area contributed by atoms with Gasteiger partial charge >= 0.3 is 0 Å². The van der Waals surface area contributed by atoms with E-state index in [-0.39, 0.29) is 21.9 Å². The Bertz CT molecular complexity index is 791. The van der Waals surface area contributed by atoms with E-state index in [2.05, 4.69) is 17.2 Å². The number of nitrogens with zero attached hydrogens (tertiary/aromatic N) is 1. The molecule has 5 nitrogen and oxygen atoms in total. The predicted molar refractivity (Wildman–Crippen MR) is 98.3 cm³/mol. The summed E-state index contributed by atoms with van der Waals surface area (Å²) in [6.45, 7) is 2.65. The van der Waals surface area contributed by atoms with Gasteiger partial charge in [0.15, 0.2) is 11.5 Å². The van der Waals surface area contributed by atoms with Gasteiger partial charge in [-0.2, -0.15) is 0 Å². The summed E-state index contributed by atoms with van der Waals surface area (Å²) in [5.74, 6) is 1.13. The van der Waals surface area contributed by atoms with Crippen LogP contribution in [0.3, 0.4) is 0 Å². The summed E-state index contributed by atoms with van der Waals surface area (Å²) in [6.07, 6.45) is 4.79. The SMILES string of the molecule is CCCC1COc2c(OC)ccc(C(=O)Nc3c(Cl)cncc3Cl)c21. The average molecular weight is 381 g/mol. The van der Waals surface area contributed by atoms with E-state index in [4.69, 9.17) is 32.7 Å². The third kappa shape index (κ3) is 3.39. The van der Waals surface area contributed by atoms with Gasteiger partial charge in [-0.15, -0.1) is 0 Å². The van der Waals surface area contributed by atoms with Crippen molar-refractivity contribution in [1.29, 1.82) is 0 Å². The number of ether oxygens (including phenoxy) is 2. The van der Waals surface area contributed by atoms with Crippen molar-refractivity contribution >= 4 is 34.8 Å². The molecular weight excluding hydrogens is 363 g/mol. The molecule has 25 heavy (non-hydrogen) atoms. The lowest BCUT2D eigenvalue weighted by Crippen LogP contribution is -2.16. The maximum Gasteiger partial charge on any atom is 0.256 e. The Morgan fingerprint density at radius 2 is 2.08 bits per heavy atom. The quantitative estimate of drug-likeness (QED) is 0.798. The number of rotatable bonds is 5. The van der Waals surface area contributed by atoms with Crippen molar-refractivity contribution in [2.45, 2.75) is 25.7 Å². The van der Waals surface area contributed by atoms with Crippen LogP contribution in [0.4, 0.5) is 5.69 Å². The van der Waals surface area contributed by atoms with Gasteiger partial charge in [-0.25, -0.2) is 0 Å². The first kappa shape index (κ1) is 17.8. The Labute approximate surface area is 156 Å². The number of carbonyl (C=O) groups excluding carboxylic acids is 1. The van der Waals surface area contributed by atoms with Crippen molar-refractivity contribution in [2.75, 3.05) is 19.0 Å². The van der Waals surface area contributed by atoms with E-state index in [0.717, 1.165) is 18.4 Å². The molecule has 1 aliphatic rings. The van der Waals surface area contributed by atoms with Crippen molar-refractivity contribution in [3.05, 3.63) is 45.7 Å². The summed E-state index contributed by atoms with van der Waals surface area (Å²) in [5.41, 5.74) is 1.76. The highest BCUT2D eigenvalue weighted by Gasteiger charge is 2.32. The summed E-state index contributed by atoms with van der Waals surface area (Å²) >= 11 is 12.2. The molecule has 1 amide bonds. The molecule has 1 aromatic carbocycles. The van der Waals surface area contributed by atoms with Gasteiger partial charge in [0.1, 0.15) is 0 Å². The number of nitrogens with one attached hydrogen (secondary N) is 1. The Morgan fingerprint density at radius 1 is 1.36 bits per heavy atom. The smallest absolute Gasteiger partial charge is 0.256 e. The molecule has 1 aromatic heterocycles. The first-order valence-electron chi connectivity index (χ1n) is 8.00. The van der Waals surface area contributed by atoms with Gasteiger partial charge in [-0.05, 0) is 18.6 Å². The lowest BCUT2D eigenvalue weighted by atomic mass is 9.91. The highest BCUT2D eigenvalue weighted by atomic mass is 35.5. The fourth-order valence-corrected chi connectivity index (χ4v) is 3.51. The van der Waals surface area contributed by atoms with Crippen LogP contribution >= 0.6 is 23.2 Å². The zero-order valence-corrected chi connectivity index (χ0v) is 15.4. The molecule has 0 bridgehead atoms. The lowest BCUT2D eigenvalue weighted by molar-refractivity contribution is 0.102. The first-order valence-corrected chi connectivity index (χ1v) is 8.76. The molecule has 0 saturated heterocycles. The van der Waals surface area contributed by atoms with Crippen LogP contribution < -0.4 is 14.8 Å². The van der Waals surface area contributed by atoms with Crippen LogP contribution in [0.2, 0.25) is 10.0 Å². The van der Waals surface area contributed by atoms with Gasteiger partial charge in [0.2, 0.25) is 0 Å². The van der Waals surface area contributed by atoms with E-state index in [9.17, 15) is 4.79 Å².